The van der Waals surface area contributed by atoms with E-state index in [1.54, 1.807) is 31.2 Å². The first-order valence-electron chi connectivity index (χ1n) is 6.94. The molecule has 0 saturated carbocycles. The number of nitrogens with one attached hydrogen (secondary N) is 1. The van der Waals surface area contributed by atoms with E-state index in [-0.39, 0.29) is 18.0 Å². The topological polar surface area (TPSA) is 49.4 Å². The van der Waals surface area contributed by atoms with Crippen molar-refractivity contribution in [2.24, 2.45) is 0 Å². The summed E-state index contributed by atoms with van der Waals surface area (Å²) in [6.07, 6.45) is 0. The summed E-state index contributed by atoms with van der Waals surface area (Å²) >= 11 is 3.33. The zero-order valence-corrected chi connectivity index (χ0v) is 14.4. The monoisotopic (exact) mass is 378 g/mol. The Morgan fingerprint density at radius 3 is 2.57 bits per heavy atom. The van der Waals surface area contributed by atoms with E-state index in [1.165, 1.54) is 24.1 Å². The molecule has 0 spiro atoms. The SMILES string of the molecule is Cc1ccc(C(=O)N(C)CC(=O)Nc2ccccc2Br)cc1F. The summed E-state index contributed by atoms with van der Waals surface area (Å²) in [6.45, 7) is 1.49. The maximum atomic E-state index is 13.5. The van der Waals surface area contributed by atoms with Gasteiger partial charge < -0.3 is 10.2 Å². The largest absolute Gasteiger partial charge is 0.332 e. The Balaban J connectivity index is 2.01. The van der Waals surface area contributed by atoms with Crippen molar-refractivity contribution in [1.82, 2.24) is 4.90 Å². The highest BCUT2D eigenvalue weighted by Crippen LogP contribution is 2.21. The number of amides is 2. The summed E-state index contributed by atoms with van der Waals surface area (Å²) in [4.78, 5) is 25.5. The normalized spacial score (nSPS) is 10.3. The first-order valence-corrected chi connectivity index (χ1v) is 7.74. The van der Waals surface area contributed by atoms with E-state index in [0.717, 1.165) is 4.47 Å². The van der Waals surface area contributed by atoms with Crippen LogP contribution in [0.1, 0.15) is 15.9 Å². The third-order valence-electron chi connectivity index (χ3n) is 3.29. The van der Waals surface area contributed by atoms with Crippen LogP contribution in [0.15, 0.2) is 46.9 Å². The zero-order valence-electron chi connectivity index (χ0n) is 12.8. The third-order valence-corrected chi connectivity index (χ3v) is 3.99. The summed E-state index contributed by atoms with van der Waals surface area (Å²) in [5.74, 6) is -1.19. The van der Waals surface area contributed by atoms with Crippen LogP contribution in [0.2, 0.25) is 0 Å². The van der Waals surface area contributed by atoms with Gasteiger partial charge in [0, 0.05) is 17.1 Å². The average molecular weight is 379 g/mol. The number of carbonyl (C=O) groups is 2. The number of para-hydroxylation sites is 1. The predicted octanol–water partition coefficient (Wildman–Crippen LogP) is 3.61. The van der Waals surface area contributed by atoms with Crippen LogP contribution in [-0.4, -0.2) is 30.3 Å². The number of hydrogen-bond acceptors (Lipinski definition) is 2. The van der Waals surface area contributed by atoms with Crippen LogP contribution in [0.25, 0.3) is 0 Å². The minimum atomic E-state index is -0.443. The van der Waals surface area contributed by atoms with Crippen LogP contribution in [0.4, 0.5) is 10.1 Å². The van der Waals surface area contributed by atoms with Crippen LogP contribution in [0.3, 0.4) is 0 Å². The van der Waals surface area contributed by atoms with Gasteiger partial charge in [-0.1, -0.05) is 18.2 Å². The van der Waals surface area contributed by atoms with E-state index in [2.05, 4.69) is 21.2 Å². The van der Waals surface area contributed by atoms with E-state index < -0.39 is 11.7 Å². The molecule has 0 bridgehead atoms. The molecule has 2 amide bonds. The molecule has 1 N–H and O–H groups in total. The number of carbonyl (C=O) groups excluding carboxylic acids is 2. The highest BCUT2D eigenvalue weighted by atomic mass is 79.9. The first kappa shape index (κ1) is 17.1. The molecule has 6 heteroatoms. The Morgan fingerprint density at radius 2 is 1.91 bits per heavy atom. The molecule has 0 saturated heterocycles. The number of halogens is 2. The summed E-state index contributed by atoms with van der Waals surface area (Å²) in [7, 11) is 1.50. The quantitative estimate of drug-likeness (QED) is 0.883. The van der Waals surface area contributed by atoms with Gasteiger partial charge in [-0.15, -0.1) is 0 Å². The maximum Gasteiger partial charge on any atom is 0.254 e. The molecule has 0 aliphatic carbocycles. The highest BCUT2D eigenvalue weighted by Gasteiger charge is 2.16. The Kier molecular flexibility index (Phi) is 5.50. The van der Waals surface area contributed by atoms with Crippen molar-refractivity contribution in [3.63, 3.8) is 0 Å². The van der Waals surface area contributed by atoms with Crippen LogP contribution in [0.5, 0.6) is 0 Å². The molecular weight excluding hydrogens is 363 g/mol. The number of aryl methyl sites for hydroxylation is 1. The van der Waals surface area contributed by atoms with E-state index in [9.17, 15) is 14.0 Å². The molecule has 0 aliphatic heterocycles. The van der Waals surface area contributed by atoms with Crippen molar-refractivity contribution in [2.45, 2.75) is 6.92 Å². The van der Waals surface area contributed by atoms with Gasteiger partial charge in [-0.3, -0.25) is 9.59 Å². The second-order valence-electron chi connectivity index (χ2n) is 5.15. The van der Waals surface area contributed by atoms with E-state index in [4.69, 9.17) is 0 Å². The molecule has 0 aliphatic rings. The van der Waals surface area contributed by atoms with Gasteiger partial charge in [-0.25, -0.2) is 4.39 Å². The first-order chi connectivity index (χ1) is 10.9. The lowest BCUT2D eigenvalue weighted by Gasteiger charge is -2.17. The smallest absolute Gasteiger partial charge is 0.254 e. The van der Waals surface area contributed by atoms with Crippen molar-refractivity contribution >= 4 is 33.4 Å². The molecule has 4 nitrogen and oxygen atoms in total. The predicted molar refractivity (Wildman–Crippen MR) is 90.9 cm³/mol. The lowest BCUT2D eigenvalue weighted by Crippen LogP contribution is -2.35. The van der Waals surface area contributed by atoms with Crippen molar-refractivity contribution < 1.29 is 14.0 Å². The number of rotatable bonds is 4. The minimum absolute atomic E-state index is 0.129. The standard InChI is InChI=1S/C17H16BrFN2O2/c1-11-7-8-12(9-14(11)19)17(23)21(2)10-16(22)20-15-6-4-3-5-13(15)18/h3-9H,10H2,1-2H3,(H,20,22). The van der Waals surface area contributed by atoms with Crippen LogP contribution in [0, 0.1) is 12.7 Å². The number of nitrogens with zero attached hydrogens (tertiary/aromatic N) is 1. The average Bonchev–Trinajstić information content (AvgIpc) is 2.51. The summed E-state index contributed by atoms with van der Waals surface area (Å²) in [5, 5.41) is 2.71. The van der Waals surface area contributed by atoms with Crippen molar-refractivity contribution in [2.75, 3.05) is 18.9 Å². The van der Waals surface area contributed by atoms with Crippen LogP contribution in [-0.2, 0) is 4.79 Å². The van der Waals surface area contributed by atoms with Gasteiger partial charge in [0.25, 0.3) is 5.91 Å². The number of benzene rings is 2. The Bertz CT molecular complexity index is 749. The molecule has 2 aromatic carbocycles. The molecule has 2 rings (SSSR count). The molecule has 120 valence electrons. The molecule has 0 fully saturated rings. The molecule has 0 atom stereocenters. The van der Waals surface area contributed by atoms with Crippen LogP contribution >= 0.6 is 15.9 Å². The number of anilines is 1. The van der Waals surface area contributed by atoms with Gasteiger partial charge in [-0.05, 0) is 52.7 Å². The van der Waals surface area contributed by atoms with E-state index in [1.807, 2.05) is 6.07 Å². The molecular formula is C17H16BrFN2O2. The molecule has 2 aromatic rings. The third kappa shape index (κ3) is 4.39. The second kappa shape index (κ2) is 7.37. The minimum Gasteiger partial charge on any atom is -0.332 e. The van der Waals surface area contributed by atoms with Gasteiger partial charge in [0.15, 0.2) is 0 Å². The van der Waals surface area contributed by atoms with E-state index in [0.29, 0.717) is 11.3 Å². The Labute approximate surface area is 142 Å². The maximum absolute atomic E-state index is 13.5. The molecule has 23 heavy (non-hydrogen) atoms. The fraction of sp³-hybridized carbons (Fsp3) is 0.176. The lowest BCUT2D eigenvalue weighted by atomic mass is 10.1. The number of hydrogen-bond donors (Lipinski definition) is 1. The second-order valence-corrected chi connectivity index (χ2v) is 6.01. The van der Waals surface area contributed by atoms with Crippen molar-refractivity contribution in [3.05, 3.63) is 63.9 Å². The van der Waals surface area contributed by atoms with Gasteiger partial charge >= 0.3 is 0 Å². The highest BCUT2D eigenvalue weighted by molar-refractivity contribution is 9.10. The molecule has 0 radical (unpaired) electrons. The summed E-state index contributed by atoms with van der Waals surface area (Å²) in [5.41, 5.74) is 1.31. The Morgan fingerprint density at radius 1 is 1.22 bits per heavy atom. The summed E-state index contributed by atoms with van der Waals surface area (Å²) < 4.78 is 14.3. The lowest BCUT2D eigenvalue weighted by molar-refractivity contribution is -0.116. The molecule has 0 aromatic heterocycles. The fourth-order valence-corrected chi connectivity index (χ4v) is 2.37. The molecule has 0 unspecified atom stereocenters. The fourth-order valence-electron chi connectivity index (χ4n) is 1.99. The zero-order chi connectivity index (χ0) is 17.0. The van der Waals surface area contributed by atoms with Gasteiger partial charge in [-0.2, -0.15) is 0 Å². The van der Waals surface area contributed by atoms with Gasteiger partial charge in [0.1, 0.15) is 5.82 Å². The number of likely N-dealkylation sites (N-methyl/N-ethyl adjacent to an activating group) is 1. The van der Waals surface area contributed by atoms with Crippen molar-refractivity contribution in [1.29, 1.82) is 0 Å². The van der Waals surface area contributed by atoms with E-state index >= 15 is 0 Å². The van der Waals surface area contributed by atoms with Crippen LogP contribution < -0.4 is 5.32 Å². The van der Waals surface area contributed by atoms with Gasteiger partial charge in [0.2, 0.25) is 5.91 Å². The Hall–Kier alpha value is -2.21. The van der Waals surface area contributed by atoms with Gasteiger partial charge in [0.05, 0.1) is 12.2 Å². The molecule has 0 heterocycles. The summed E-state index contributed by atoms with van der Waals surface area (Å²) in [6, 6.07) is 11.4. The van der Waals surface area contributed by atoms with Crippen molar-refractivity contribution in [3.8, 4) is 0 Å².